The number of hydrogen-bond acceptors (Lipinski definition) is 0. The van der Waals surface area contributed by atoms with Gasteiger partial charge in [0.2, 0.25) is 0 Å². The summed E-state index contributed by atoms with van der Waals surface area (Å²) in [5, 5.41) is 0. The predicted molar refractivity (Wildman–Crippen MR) is 94.4 cm³/mol. The Morgan fingerprint density at radius 3 is 1.81 bits per heavy atom. The number of hydrogen-bond donors (Lipinski definition) is 0. The topological polar surface area (TPSA) is 0 Å². The van der Waals surface area contributed by atoms with Gasteiger partial charge in [0, 0.05) is 0 Å². The normalized spacial score (nSPS) is 42.6. The minimum Gasteiger partial charge on any atom is -0.0648 e. The zero-order valence-electron chi connectivity index (χ0n) is 16.5. The second-order valence-corrected chi connectivity index (χ2v) is 10.5. The molecule has 4 unspecified atom stereocenters. The third kappa shape index (κ3) is 1.86. The van der Waals surface area contributed by atoms with Crippen LogP contribution >= 0.6 is 0 Å². The lowest BCUT2D eigenvalue weighted by molar-refractivity contribution is -0.225. The lowest BCUT2D eigenvalue weighted by Crippen LogP contribution is -2.64. The smallest absolute Gasteiger partial charge is 0.0225 e. The van der Waals surface area contributed by atoms with Crippen molar-refractivity contribution < 1.29 is 0 Å². The molecule has 0 aromatic carbocycles. The molecular weight excluding hydrogens is 252 g/mol. The maximum absolute atomic E-state index is 2.63. The number of fused-ring (bicyclic) bond motifs is 1. The van der Waals surface area contributed by atoms with Gasteiger partial charge in [0.05, 0.1) is 0 Å². The molecule has 0 aliphatic heterocycles. The van der Waals surface area contributed by atoms with Gasteiger partial charge >= 0.3 is 0 Å². The Bertz CT molecular complexity index is 412. The fourth-order valence-electron chi connectivity index (χ4n) is 7.24. The van der Waals surface area contributed by atoms with Gasteiger partial charge < -0.3 is 0 Å². The van der Waals surface area contributed by atoms with Crippen LogP contribution in [0.4, 0.5) is 0 Å². The average Bonchev–Trinajstić information content (AvgIpc) is 2.49. The van der Waals surface area contributed by atoms with Crippen molar-refractivity contribution in [3.8, 4) is 0 Å². The third-order valence-electron chi connectivity index (χ3n) is 9.39. The van der Waals surface area contributed by atoms with Crippen molar-refractivity contribution >= 4 is 0 Å². The molecule has 0 saturated heterocycles. The van der Waals surface area contributed by atoms with Crippen LogP contribution in [0.15, 0.2) is 0 Å². The molecule has 0 aromatic heterocycles. The minimum absolute atomic E-state index is 0.398. The Balaban J connectivity index is 2.46. The first kappa shape index (κ1) is 17.4. The van der Waals surface area contributed by atoms with Crippen molar-refractivity contribution in [3.63, 3.8) is 0 Å². The summed E-state index contributed by atoms with van der Waals surface area (Å²) in [5.41, 5.74) is 2.41. The number of rotatable bonds is 4. The highest BCUT2D eigenvalue weighted by molar-refractivity contribution is 5.21. The summed E-state index contributed by atoms with van der Waals surface area (Å²) in [4.78, 5) is 0. The molecule has 21 heavy (non-hydrogen) atoms. The average molecular weight is 293 g/mol. The van der Waals surface area contributed by atoms with Gasteiger partial charge in [-0.3, -0.25) is 0 Å². The molecule has 0 radical (unpaired) electrons. The highest BCUT2D eigenvalue weighted by Gasteiger charge is 2.73. The third-order valence-corrected chi connectivity index (χ3v) is 9.39. The van der Waals surface area contributed by atoms with Crippen LogP contribution in [0, 0.1) is 38.9 Å². The Morgan fingerprint density at radius 2 is 1.43 bits per heavy atom. The van der Waals surface area contributed by atoms with Gasteiger partial charge in [-0.2, -0.15) is 0 Å². The van der Waals surface area contributed by atoms with E-state index in [4.69, 9.17) is 0 Å². The highest BCUT2D eigenvalue weighted by Crippen LogP contribution is 2.80. The van der Waals surface area contributed by atoms with Crippen LogP contribution in [0.25, 0.3) is 0 Å². The van der Waals surface area contributed by atoms with Crippen LogP contribution in [0.2, 0.25) is 0 Å². The van der Waals surface area contributed by atoms with E-state index in [9.17, 15) is 0 Å². The first-order valence-electron chi connectivity index (χ1n) is 9.32. The second kappa shape index (κ2) is 4.51. The van der Waals surface area contributed by atoms with Gasteiger partial charge in [0.1, 0.15) is 0 Å². The SMILES string of the molecule is CCC(C)(CC)C(C)(C)C1(C)CC2(C)CC(C)C(C)(C)C21. The molecule has 0 spiro atoms. The van der Waals surface area contributed by atoms with E-state index in [-0.39, 0.29) is 0 Å². The molecule has 0 amide bonds. The summed E-state index contributed by atoms with van der Waals surface area (Å²) in [6.45, 7) is 25.3. The summed E-state index contributed by atoms with van der Waals surface area (Å²) in [6, 6.07) is 0. The van der Waals surface area contributed by atoms with Crippen molar-refractivity contribution in [2.45, 2.75) is 94.9 Å². The molecule has 0 aromatic rings. The Kier molecular flexibility index (Phi) is 3.73. The molecular formula is C21H40. The van der Waals surface area contributed by atoms with Crippen LogP contribution in [0.5, 0.6) is 0 Å². The Hall–Kier alpha value is 0. The monoisotopic (exact) mass is 292 g/mol. The molecule has 0 N–H and O–H groups in total. The van der Waals surface area contributed by atoms with Gasteiger partial charge in [-0.1, -0.05) is 82.1 Å². The molecule has 4 atom stereocenters. The summed E-state index contributed by atoms with van der Waals surface area (Å²) in [7, 11) is 0. The molecule has 124 valence electrons. The molecule has 0 nitrogen and oxygen atoms in total. The molecule has 2 rings (SSSR count). The maximum Gasteiger partial charge on any atom is -0.0225 e. The van der Waals surface area contributed by atoms with Crippen molar-refractivity contribution in [2.24, 2.45) is 38.9 Å². The van der Waals surface area contributed by atoms with E-state index in [2.05, 4.69) is 69.2 Å². The molecule has 2 aliphatic carbocycles. The minimum atomic E-state index is 0.398. The van der Waals surface area contributed by atoms with Crippen molar-refractivity contribution in [2.75, 3.05) is 0 Å². The van der Waals surface area contributed by atoms with Crippen molar-refractivity contribution in [1.82, 2.24) is 0 Å². The van der Waals surface area contributed by atoms with Gasteiger partial charge in [-0.15, -0.1) is 0 Å². The molecule has 0 heterocycles. The maximum atomic E-state index is 2.63. The fourth-order valence-corrected chi connectivity index (χ4v) is 7.24. The van der Waals surface area contributed by atoms with Crippen molar-refractivity contribution in [3.05, 3.63) is 0 Å². The van der Waals surface area contributed by atoms with E-state index in [0.717, 1.165) is 11.8 Å². The van der Waals surface area contributed by atoms with Gasteiger partial charge in [0.25, 0.3) is 0 Å². The van der Waals surface area contributed by atoms with E-state index in [1.165, 1.54) is 25.7 Å². The van der Waals surface area contributed by atoms with Gasteiger partial charge in [-0.05, 0) is 51.8 Å². The Morgan fingerprint density at radius 1 is 0.952 bits per heavy atom. The Labute approximate surface area is 134 Å². The van der Waals surface area contributed by atoms with Crippen LogP contribution in [0.3, 0.4) is 0 Å². The highest BCUT2D eigenvalue weighted by atomic mass is 14.8. The lowest BCUT2D eigenvalue weighted by Gasteiger charge is -2.71. The first-order chi connectivity index (χ1) is 9.32. The van der Waals surface area contributed by atoms with E-state index in [1.807, 2.05) is 0 Å². The molecule has 0 heteroatoms. The predicted octanol–water partition coefficient (Wildman–Crippen LogP) is 6.94. The zero-order chi connectivity index (χ0) is 16.5. The molecule has 0 bridgehead atoms. The molecule has 2 aliphatic rings. The molecule has 2 saturated carbocycles. The van der Waals surface area contributed by atoms with Crippen molar-refractivity contribution in [1.29, 1.82) is 0 Å². The van der Waals surface area contributed by atoms with Crippen LogP contribution < -0.4 is 0 Å². The van der Waals surface area contributed by atoms with E-state index in [1.54, 1.807) is 0 Å². The van der Waals surface area contributed by atoms with E-state index < -0.39 is 0 Å². The fraction of sp³-hybridized carbons (Fsp3) is 1.00. The van der Waals surface area contributed by atoms with Crippen LogP contribution in [0.1, 0.15) is 94.9 Å². The lowest BCUT2D eigenvalue weighted by atomic mass is 9.34. The van der Waals surface area contributed by atoms with Gasteiger partial charge in [-0.25, -0.2) is 0 Å². The first-order valence-corrected chi connectivity index (χ1v) is 9.32. The second-order valence-electron chi connectivity index (χ2n) is 10.5. The van der Waals surface area contributed by atoms with E-state index >= 15 is 0 Å². The van der Waals surface area contributed by atoms with Crippen LogP contribution in [-0.2, 0) is 0 Å². The molecule has 2 fully saturated rings. The van der Waals surface area contributed by atoms with Gasteiger partial charge in [0.15, 0.2) is 0 Å². The zero-order valence-corrected chi connectivity index (χ0v) is 16.5. The largest absolute Gasteiger partial charge is 0.0648 e. The van der Waals surface area contributed by atoms with Crippen LogP contribution in [-0.4, -0.2) is 0 Å². The summed E-state index contributed by atoms with van der Waals surface area (Å²) < 4.78 is 0. The van der Waals surface area contributed by atoms with E-state index in [0.29, 0.717) is 27.1 Å². The quantitative estimate of drug-likeness (QED) is 0.526. The summed E-state index contributed by atoms with van der Waals surface area (Å²) in [6.07, 6.45) is 5.46. The summed E-state index contributed by atoms with van der Waals surface area (Å²) in [5.74, 6) is 1.74. The summed E-state index contributed by atoms with van der Waals surface area (Å²) >= 11 is 0. The standard InChI is InChI=1S/C21H40/c1-11-20(9,12-2)18(6,7)21(10)14-19(8)13-15(3)17(4,5)16(19)21/h15-16H,11-14H2,1-10H3.